The standard InChI is InChI=1S/C19H15N3O3/c1-11-9-12(7-8-20-11)17-14-4-5-15(25-14)18(17)19(23)22-13-3-6-16(24-2)21-10-13/h3-10H,1-2H3,(H,22,23). The lowest BCUT2D eigenvalue weighted by Gasteiger charge is -2.08. The van der Waals surface area contributed by atoms with Crippen LogP contribution in [0.25, 0.3) is 22.3 Å². The van der Waals surface area contributed by atoms with Gasteiger partial charge in [0, 0.05) is 23.5 Å². The summed E-state index contributed by atoms with van der Waals surface area (Å²) in [4.78, 5) is 21.1. The predicted octanol–water partition coefficient (Wildman–Crippen LogP) is 3.90. The highest BCUT2D eigenvalue weighted by atomic mass is 16.5. The first-order valence-electron chi connectivity index (χ1n) is 7.75. The molecule has 0 aliphatic heterocycles. The van der Waals surface area contributed by atoms with Gasteiger partial charge >= 0.3 is 0 Å². The number of amides is 1. The maximum absolute atomic E-state index is 12.8. The summed E-state index contributed by atoms with van der Waals surface area (Å²) < 4.78 is 10.7. The van der Waals surface area contributed by atoms with Crippen LogP contribution in [0.3, 0.4) is 0 Å². The Morgan fingerprint density at radius 1 is 1.12 bits per heavy atom. The number of hydrogen-bond acceptors (Lipinski definition) is 5. The van der Waals surface area contributed by atoms with Gasteiger partial charge in [0.15, 0.2) is 0 Å². The number of methoxy groups -OCH3 is 1. The third-order valence-corrected chi connectivity index (χ3v) is 3.96. The number of ether oxygens (including phenoxy) is 1. The summed E-state index contributed by atoms with van der Waals surface area (Å²) in [5, 5.41) is 2.86. The number of nitrogens with zero attached hydrogens (tertiary/aromatic N) is 2. The number of anilines is 1. The summed E-state index contributed by atoms with van der Waals surface area (Å²) >= 11 is 0. The minimum atomic E-state index is -0.245. The molecule has 0 aromatic carbocycles. The minimum absolute atomic E-state index is 0.245. The van der Waals surface area contributed by atoms with Gasteiger partial charge in [0.2, 0.25) is 5.88 Å². The van der Waals surface area contributed by atoms with Crippen LogP contribution in [0.15, 0.2) is 53.2 Å². The van der Waals surface area contributed by atoms with Gasteiger partial charge in [0.05, 0.1) is 24.6 Å². The van der Waals surface area contributed by atoms with Gasteiger partial charge in [0.1, 0.15) is 11.2 Å². The molecule has 0 aliphatic carbocycles. The molecule has 0 aliphatic rings. The molecule has 4 aromatic heterocycles. The molecule has 25 heavy (non-hydrogen) atoms. The van der Waals surface area contributed by atoms with Crippen molar-refractivity contribution in [3.8, 4) is 17.0 Å². The number of hydrogen-bond donors (Lipinski definition) is 1. The number of benzene rings is 1. The number of furan rings is 2. The van der Waals surface area contributed by atoms with Crippen LogP contribution in [0, 0.1) is 6.92 Å². The Morgan fingerprint density at radius 2 is 1.96 bits per heavy atom. The Bertz CT molecular complexity index is 1040. The Hall–Kier alpha value is -3.41. The average molecular weight is 333 g/mol. The lowest BCUT2D eigenvalue weighted by molar-refractivity contribution is 0.102. The normalized spacial score (nSPS) is 11.0. The van der Waals surface area contributed by atoms with E-state index in [-0.39, 0.29) is 5.91 Å². The van der Waals surface area contributed by atoms with E-state index in [1.165, 1.54) is 0 Å². The zero-order valence-corrected chi connectivity index (χ0v) is 13.7. The van der Waals surface area contributed by atoms with Gasteiger partial charge in [-0.25, -0.2) is 4.98 Å². The lowest BCUT2D eigenvalue weighted by atomic mass is 9.99. The number of pyridine rings is 2. The van der Waals surface area contributed by atoms with E-state index >= 15 is 0 Å². The van der Waals surface area contributed by atoms with Crippen LogP contribution in [0.2, 0.25) is 0 Å². The van der Waals surface area contributed by atoms with Crippen molar-refractivity contribution in [2.45, 2.75) is 6.92 Å². The Labute approximate surface area is 143 Å². The molecule has 0 radical (unpaired) electrons. The van der Waals surface area contributed by atoms with E-state index in [1.807, 2.05) is 25.1 Å². The molecule has 0 spiro atoms. The predicted molar refractivity (Wildman–Crippen MR) is 94.1 cm³/mol. The van der Waals surface area contributed by atoms with Crippen LogP contribution in [0.4, 0.5) is 5.69 Å². The first kappa shape index (κ1) is 15.1. The fourth-order valence-corrected chi connectivity index (χ4v) is 2.83. The molecule has 1 N–H and O–H groups in total. The average Bonchev–Trinajstić information content (AvgIpc) is 3.23. The van der Waals surface area contributed by atoms with Gasteiger partial charge in [-0.3, -0.25) is 9.78 Å². The van der Waals surface area contributed by atoms with Crippen LogP contribution >= 0.6 is 0 Å². The monoisotopic (exact) mass is 333 g/mol. The molecule has 124 valence electrons. The quantitative estimate of drug-likeness (QED) is 0.613. The summed E-state index contributed by atoms with van der Waals surface area (Å²) in [5.74, 6) is 0.243. The third-order valence-electron chi connectivity index (χ3n) is 3.96. The van der Waals surface area contributed by atoms with Gasteiger partial charge in [-0.2, -0.15) is 0 Å². The fraction of sp³-hybridized carbons (Fsp3) is 0.105. The second-order valence-corrected chi connectivity index (χ2v) is 5.64. The maximum Gasteiger partial charge on any atom is 0.260 e. The van der Waals surface area contributed by atoms with Gasteiger partial charge in [0.25, 0.3) is 5.91 Å². The topological polar surface area (TPSA) is 77.2 Å². The number of nitrogens with one attached hydrogen (secondary N) is 1. The van der Waals surface area contributed by atoms with Gasteiger partial charge < -0.3 is 14.5 Å². The number of aromatic nitrogens is 2. The Kier molecular flexibility index (Phi) is 3.57. The molecule has 0 unspecified atom stereocenters. The van der Waals surface area contributed by atoms with Crippen LogP contribution < -0.4 is 10.1 Å². The molecule has 4 heterocycles. The molecule has 0 saturated carbocycles. The van der Waals surface area contributed by atoms with Crippen LogP contribution in [0.1, 0.15) is 16.1 Å². The number of carbonyl (C=O) groups excluding carboxylic acids is 1. The SMILES string of the molecule is COc1ccc(NC(=O)c2c(-c3ccnc(C)c3)c3ccc2o3)cn1. The van der Waals surface area contributed by atoms with E-state index in [2.05, 4.69) is 15.3 Å². The molecular weight excluding hydrogens is 318 g/mol. The molecular formula is C19H15N3O3. The lowest BCUT2D eigenvalue weighted by Crippen LogP contribution is -2.13. The van der Waals surface area contributed by atoms with Crippen LogP contribution in [0.5, 0.6) is 5.88 Å². The summed E-state index contributed by atoms with van der Waals surface area (Å²) in [6, 6.07) is 10.9. The van der Waals surface area contributed by atoms with Crippen molar-refractivity contribution in [1.29, 1.82) is 0 Å². The summed E-state index contributed by atoms with van der Waals surface area (Å²) in [6.07, 6.45) is 3.27. The largest absolute Gasteiger partial charge is 0.481 e. The van der Waals surface area contributed by atoms with Gasteiger partial charge in [-0.05, 0) is 42.8 Å². The number of carbonyl (C=O) groups is 1. The van der Waals surface area contributed by atoms with Crippen molar-refractivity contribution in [2.75, 3.05) is 12.4 Å². The highest BCUT2D eigenvalue weighted by Gasteiger charge is 2.24. The maximum atomic E-state index is 12.8. The molecule has 6 nitrogen and oxygen atoms in total. The number of fused-ring (bicyclic) bond motifs is 2. The van der Waals surface area contributed by atoms with Crippen molar-refractivity contribution >= 4 is 22.8 Å². The number of rotatable bonds is 4. The van der Waals surface area contributed by atoms with Crippen LogP contribution in [-0.2, 0) is 0 Å². The minimum Gasteiger partial charge on any atom is -0.481 e. The smallest absolute Gasteiger partial charge is 0.260 e. The Morgan fingerprint density at radius 3 is 2.68 bits per heavy atom. The number of aryl methyl sites for hydroxylation is 1. The highest BCUT2D eigenvalue weighted by Crippen LogP contribution is 2.37. The van der Waals surface area contributed by atoms with Gasteiger partial charge in [-0.15, -0.1) is 0 Å². The second-order valence-electron chi connectivity index (χ2n) is 5.64. The zero-order valence-electron chi connectivity index (χ0n) is 13.7. The van der Waals surface area contributed by atoms with Gasteiger partial charge in [-0.1, -0.05) is 0 Å². The highest BCUT2D eigenvalue weighted by molar-refractivity contribution is 6.16. The molecule has 2 bridgehead atoms. The molecule has 4 rings (SSSR count). The summed E-state index contributed by atoms with van der Waals surface area (Å²) in [7, 11) is 1.54. The van der Waals surface area contributed by atoms with Crippen molar-refractivity contribution in [2.24, 2.45) is 0 Å². The fourth-order valence-electron chi connectivity index (χ4n) is 2.83. The van der Waals surface area contributed by atoms with E-state index < -0.39 is 0 Å². The molecule has 1 amide bonds. The molecule has 4 aromatic rings. The Balaban J connectivity index is 1.71. The second kappa shape index (κ2) is 5.90. The first-order valence-corrected chi connectivity index (χ1v) is 7.75. The van der Waals surface area contributed by atoms with E-state index in [9.17, 15) is 4.79 Å². The van der Waals surface area contributed by atoms with Crippen molar-refractivity contribution in [3.63, 3.8) is 0 Å². The third kappa shape index (κ3) is 2.67. The van der Waals surface area contributed by atoms with Crippen molar-refractivity contribution in [1.82, 2.24) is 9.97 Å². The van der Waals surface area contributed by atoms with Crippen LogP contribution in [-0.4, -0.2) is 23.0 Å². The van der Waals surface area contributed by atoms with E-state index in [1.54, 1.807) is 37.7 Å². The molecule has 0 atom stereocenters. The first-order chi connectivity index (χ1) is 12.2. The van der Waals surface area contributed by atoms with E-state index in [0.29, 0.717) is 28.3 Å². The summed E-state index contributed by atoms with van der Waals surface area (Å²) in [5.41, 5.74) is 4.89. The molecule has 0 saturated heterocycles. The molecule has 0 fully saturated rings. The van der Waals surface area contributed by atoms with Crippen molar-refractivity contribution in [3.05, 3.63) is 60.0 Å². The zero-order chi connectivity index (χ0) is 17.4. The van der Waals surface area contributed by atoms with E-state index in [0.717, 1.165) is 16.8 Å². The molecule has 6 heteroatoms. The summed E-state index contributed by atoms with van der Waals surface area (Å²) in [6.45, 7) is 1.91. The van der Waals surface area contributed by atoms with Crippen molar-refractivity contribution < 1.29 is 13.9 Å². The van der Waals surface area contributed by atoms with E-state index in [4.69, 9.17) is 9.15 Å².